The van der Waals surface area contributed by atoms with Crippen LogP contribution in [0.4, 0.5) is 4.39 Å². The summed E-state index contributed by atoms with van der Waals surface area (Å²) in [4.78, 5) is 0. The second-order valence-corrected chi connectivity index (χ2v) is 7.07. The molecule has 1 aliphatic heterocycles. The van der Waals surface area contributed by atoms with E-state index in [1.165, 1.54) is 10.4 Å². The third-order valence-corrected chi connectivity index (χ3v) is 4.91. The second kappa shape index (κ2) is 6.83. The van der Waals surface area contributed by atoms with E-state index in [9.17, 15) is 12.8 Å². The molecule has 2 atom stereocenters. The van der Waals surface area contributed by atoms with Crippen LogP contribution in [0.5, 0.6) is 0 Å². The molecule has 0 unspecified atom stereocenters. The second-order valence-electron chi connectivity index (χ2n) is 5.32. The van der Waals surface area contributed by atoms with Gasteiger partial charge >= 0.3 is 0 Å². The Morgan fingerprint density at radius 3 is 2.52 bits per heavy atom. The highest BCUT2D eigenvalue weighted by atomic mass is 32.2. The first-order valence-electron chi connectivity index (χ1n) is 7.02. The van der Waals surface area contributed by atoms with Crippen molar-refractivity contribution < 1.29 is 17.5 Å². The molecule has 7 heteroatoms. The molecular weight excluding hydrogens is 295 g/mol. The van der Waals surface area contributed by atoms with Gasteiger partial charge in [0.25, 0.3) is 10.2 Å². The van der Waals surface area contributed by atoms with Crippen molar-refractivity contribution in [2.24, 2.45) is 0 Å². The number of hydrogen-bond donors (Lipinski definition) is 1. The molecule has 2 rings (SSSR count). The number of benzene rings is 1. The zero-order valence-corrected chi connectivity index (χ0v) is 13.1. The third kappa shape index (κ3) is 4.47. The molecule has 0 amide bonds. The van der Waals surface area contributed by atoms with Crippen LogP contribution in [0.25, 0.3) is 0 Å². The van der Waals surface area contributed by atoms with Gasteiger partial charge in [-0.25, -0.2) is 9.11 Å². The SMILES string of the molecule is C[C@@H]1CN(S(=O)(=O)NCCc2ccccc2F)C[C@@H](C)O1. The number of nitrogens with zero attached hydrogens (tertiary/aromatic N) is 1. The van der Waals surface area contributed by atoms with Crippen LogP contribution in [0.3, 0.4) is 0 Å². The monoisotopic (exact) mass is 316 g/mol. The predicted molar refractivity (Wildman–Crippen MR) is 78.6 cm³/mol. The Balaban J connectivity index is 1.91. The van der Waals surface area contributed by atoms with Gasteiger partial charge in [-0.3, -0.25) is 0 Å². The lowest BCUT2D eigenvalue weighted by Crippen LogP contribution is -2.52. The molecule has 0 saturated carbocycles. The van der Waals surface area contributed by atoms with Crippen molar-refractivity contribution in [1.29, 1.82) is 0 Å². The van der Waals surface area contributed by atoms with Gasteiger partial charge in [-0.2, -0.15) is 12.7 Å². The van der Waals surface area contributed by atoms with Crippen LogP contribution in [-0.4, -0.2) is 44.6 Å². The number of halogens is 1. The standard InChI is InChI=1S/C14H21FN2O3S/c1-11-9-17(10-12(2)20-11)21(18,19)16-8-7-13-5-3-4-6-14(13)15/h3-6,11-12,16H,7-10H2,1-2H3/t11-,12-/m1/s1. The van der Waals surface area contributed by atoms with Gasteiger partial charge in [0.15, 0.2) is 0 Å². The van der Waals surface area contributed by atoms with E-state index in [4.69, 9.17) is 4.74 Å². The topological polar surface area (TPSA) is 58.6 Å². The van der Waals surface area contributed by atoms with E-state index >= 15 is 0 Å². The number of hydrogen-bond acceptors (Lipinski definition) is 3. The van der Waals surface area contributed by atoms with Crippen LogP contribution >= 0.6 is 0 Å². The zero-order chi connectivity index (χ0) is 15.5. The highest BCUT2D eigenvalue weighted by Crippen LogP contribution is 2.13. The van der Waals surface area contributed by atoms with Gasteiger partial charge in [-0.1, -0.05) is 18.2 Å². The molecule has 1 aliphatic rings. The van der Waals surface area contributed by atoms with Gasteiger partial charge < -0.3 is 4.74 Å². The maximum Gasteiger partial charge on any atom is 0.279 e. The predicted octanol–water partition coefficient (Wildman–Crippen LogP) is 1.31. The lowest BCUT2D eigenvalue weighted by atomic mass is 10.1. The molecule has 0 aliphatic carbocycles. The summed E-state index contributed by atoms with van der Waals surface area (Å²) in [6.45, 7) is 4.52. The molecule has 118 valence electrons. The fourth-order valence-electron chi connectivity index (χ4n) is 2.43. The average Bonchev–Trinajstić information content (AvgIpc) is 2.40. The van der Waals surface area contributed by atoms with Crippen molar-refractivity contribution in [2.45, 2.75) is 32.5 Å². The van der Waals surface area contributed by atoms with Crippen molar-refractivity contribution in [3.05, 3.63) is 35.6 Å². The molecule has 1 heterocycles. The minimum atomic E-state index is -3.55. The van der Waals surface area contributed by atoms with Crippen molar-refractivity contribution in [2.75, 3.05) is 19.6 Å². The van der Waals surface area contributed by atoms with E-state index in [0.29, 0.717) is 25.1 Å². The molecule has 0 radical (unpaired) electrons. The van der Waals surface area contributed by atoms with Crippen LogP contribution in [0, 0.1) is 5.82 Å². The van der Waals surface area contributed by atoms with Gasteiger partial charge in [0.2, 0.25) is 0 Å². The van der Waals surface area contributed by atoms with Crippen LogP contribution in [0.1, 0.15) is 19.4 Å². The fourth-order valence-corrected chi connectivity index (χ4v) is 3.79. The normalized spacial score (nSPS) is 24.1. The highest BCUT2D eigenvalue weighted by molar-refractivity contribution is 7.87. The lowest BCUT2D eigenvalue weighted by molar-refractivity contribution is -0.0443. The highest BCUT2D eigenvalue weighted by Gasteiger charge is 2.30. The summed E-state index contributed by atoms with van der Waals surface area (Å²) >= 11 is 0. The van der Waals surface area contributed by atoms with Crippen LogP contribution in [0.2, 0.25) is 0 Å². The quantitative estimate of drug-likeness (QED) is 0.891. The molecule has 0 spiro atoms. The summed E-state index contributed by atoms with van der Waals surface area (Å²) in [6, 6.07) is 6.37. The summed E-state index contributed by atoms with van der Waals surface area (Å²) in [5, 5.41) is 0. The number of ether oxygens (including phenoxy) is 1. The first kappa shape index (κ1) is 16.4. The maximum absolute atomic E-state index is 13.5. The van der Waals surface area contributed by atoms with Gasteiger partial charge in [-0.05, 0) is 31.9 Å². The summed E-state index contributed by atoms with van der Waals surface area (Å²) in [6.07, 6.45) is 0.0650. The smallest absolute Gasteiger partial charge is 0.279 e. The van der Waals surface area contributed by atoms with E-state index in [1.807, 2.05) is 13.8 Å². The summed E-state index contributed by atoms with van der Waals surface area (Å²) in [5.74, 6) is -0.315. The first-order valence-corrected chi connectivity index (χ1v) is 8.46. The van der Waals surface area contributed by atoms with Crippen LogP contribution in [-0.2, 0) is 21.4 Å². The molecule has 1 aromatic rings. The number of rotatable bonds is 5. The Morgan fingerprint density at radius 2 is 1.90 bits per heavy atom. The van der Waals surface area contributed by atoms with Crippen molar-refractivity contribution in [3.8, 4) is 0 Å². The molecule has 0 aromatic heterocycles. The Kier molecular flexibility index (Phi) is 5.32. The van der Waals surface area contributed by atoms with Crippen molar-refractivity contribution >= 4 is 10.2 Å². The lowest BCUT2D eigenvalue weighted by Gasteiger charge is -2.34. The molecule has 1 fully saturated rings. The van der Waals surface area contributed by atoms with Crippen molar-refractivity contribution in [1.82, 2.24) is 9.03 Å². The van der Waals surface area contributed by atoms with Gasteiger partial charge in [0, 0.05) is 19.6 Å². The van der Waals surface area contributed by atoms with Gasteiger partial charge in [0.05, 0.1) is 12.2 Å². The van der Waals surface area contributed by atoms with Crippen LogP contribution in [0.15, 0.2) is 24.3 Å². The van der Waals surface area contributed by atoms with Crippen molar-refractivity contribution in [3.63, 3.8) is 0 Å². The fraction of sp³-hybridized carbons (Fsp3) is 0.571. The number of morpholine rings is 1. The summed E-state index contributed by atoms with van der Waals surface area (Å²) < 4.78 is 47.3. The van der Waals surface area contributed by atoms with E-state index in [-0.39, 0.29) is 24.6 Å². The molecule has 5 nitrogen and oxygen atoms in total. The molecule has 1 saturated heterocycles. The molecule has 1 aromatic carbocycles. The maximum atomic E-state index is 13.5. The summed E-state index contributed by atoms with van der Waals surface area (Å²) in [7, 11) is -3.55. The van der Waals surface area contributed by atoms with Gasteiger partial charge in [0.1, 0.15) is 5.82 Å². The molecular formula is C14H21FN2O3S. The van der Waals surface area contributed by atoms with E-state index in [2.05, 4.69) is 4.72 Å². The Morgan fingerprint density at radius 1 is 1.29 bits per heavy atom. The third-order valence-electron chi connectivity index (χ3n) is 3.36. The Labute approximate surface area is 125 Å². The van der Waals surface area contributed by atoms with E-state index in [0.717, 1.165) is 0 Å². The molecule has 0 bridgehead atoms. The first-order chi connectivity index (χ1) is 9.88. The molecule has 1 N–H and O–H groups in total. The molecule has 21 heavy (non-hydrogen) atoms. The average molecular weight is 316 g/mol. The van der Waals surface area contributed by atoms with Crippen LogP contribution < -0.4 is 4.72 Å². The minimum Gasteiger partial charge on any atom is -0.373 e. The Hall–Kier alpha value is -1.02. The zero-order valence-electron chi connectivity index (χ0n) is 12.3. The van der Waals surface area contributed by atoms with E-state index < -0.39 is 10.2 Å². The van der Waals surface area contributed by atoms with E-state index in [1.54, 1.807) is 18.2 Å². The largest absolute Gasteiger partial charge is 0.373 e. The number of nitrogens with one attached hydrogen (secondary N) is 1. The van der Waals surface area contributed by atoms with Gasteiger partial charge in [-0.15, -0.1) is 0 Å². The summed E-state index contributed by atoms with van der Waals surface area (Å²) in [5.41, 5.74) is 0.504. The minimum absolute atomic E-state index is 0.128. The Bertz CT molecular complexity index is 569.